The molecule has 0 aliphatic heterocycles. The number of aryl methyl sites for hydroxylation is 1. The number of unbranched alkanes of at least 4 members (excludes halogenated alkanes) is 2. The van der Waals surface area contributed by atoms with E-state index in [-0.39, 0.29) is 5.54 Å². The monoisotopic (exact) mass is 327 g/mol. The zero-order chi connectivity index (χ0) is 14.3. The predicted molar refractivity (Wildman–Crippen MR) is 86.0 cm³/mol. The highest BCUT2D eigenvalue weighted by molar-refractivity contribution is 9.10. The van der Waals surface area contributed by atoms with Gasteiger partial charge in [0.05, 0.1) is 6.61 Å². The fourth-order valence-corrected chi connectivity index (χ4v) is 2.12. The lowest BCUT2D eigenvalue weighted by molar-refractivity contribution is 0.301. The minimum absolute atomic E-state index is 0.226. The molecule has 0 aliphatic rings. The maximum absolute atomic E-state index is 5.81. The number of ether oxygens (including phenoxy) is 1. The summed E-state index contributed by atoms with van der Waals surface area (Å²) >= 11 is 3.47. The lowest BCUT2D eigenvalue weighted by Crippen LogP contribution is -2.36. The van der Waals surface area contributed by atoms with Gasteiger partial charge in [-0.1, -0.05) is 22.0 Å². The second kappa shape index (κ2) is 7.91. The Balaban J connectivity index is 2.12. The van der Waals surface area contributed by atoms with E-state index in [2.05, 4.69) is 55.0 Å². The average molecular weight is 328 g/mol. The van der Waals surface area contributed by atoms with Crippen LogP contribution in [0, 0.1) is 6.92 Å². The van der Waals surface area contributed by atoms with E-state index in [1.54, 1.807) is 0 Å². The van der Waals surface area contributed by atoms with Crippen molar-refractivity contribution in [2.75, 3.05) is 13.2 Å². The van der Waals surface area contributed by atoms with Gasteiger partial charge < -0.3 is 10.1 Å². The summed E-state index contributed by atoms with van der Waals surface area (Å²) in [4.78, 5) is 0. The quantitative estimate of drug-likeness (QED) is 0.733. The van der Waals surface area contributed by atoms with Crippen LogP contribution < -0.4 is 10.1 Å². The Labute approximate surface area is 126 Å². The van der Waals surface area contributed by atoms with Crippen molar-refractivity contribution >= 4 is 15.9 Å². The average Bonchev–Trinajstić information content (AvgIpc) is 2.31. The Bertz CT molecular complexity index is 385. The Morgan fingerprint density at radius 2 is 1.89 bits per heavy atom. The maximum Gasteiger partial charge on any atom is 0.123 e. The van der Waals surface area contributed by atoms with Crippen molar-refractivity contribution in [1.29, 1.82) is 0 Å². The van der Waals surface area contributed by atoms with Crippen LogP contribution in [0.25, 0.3) is 0 Å². The standard InChI is InChI=1S/C16H26BrNO/c1-13-8-9-14(17)12-15(13)19-11-7-5-6-10-18-16(2,3)4/h8-9,12,18H,5-7,10-11H2,1-4H3. The Morgan fingerprint density at radius 3 is 2.58 bits per heavy atom. The highest BCUT2D eigenvalue weighted by Crippen LogP contribution is 2.23. The van der Waals surface area contributed by atoms with E-state index < -0.39 is 0 Å². The number of benzene rings is 1. The number of hydrogen-bond acceptors (Lipinski definition) is 2. The van der Waals surface area contributed by atoms with Crippen molar-refractivity contribution in [2.45, 2.75) is 52.5 Å². The summed E-state index contributed by atoms with van der Waals surface area (Å²) in [6, 6.07) is 6.16. The molecular formula is C16H26BrNO. The van der Waals surface area contributed by atoms with Crippen LogP contribution in [0.15, 0.2) is 22.7 Å². The number of rotatable bonds is 7. The molecule has 3 heteroatoms. The Kier molecular flexibility index (Phi) is 6.87. The third-order valence-electron chi connectivity index (χ3n) is 2.88. The van der Waals surface area contributed by atoms with Crippen LogP contribution in [0.1, 0.15) is 45.6 Å². The molecule has 0 spiro atoms. The first-order valence-electron chi connectivity index (χ1n) is 7.02. The van der Waals surface area contributed by atoms with Crippen molar-refractivity contribution in [2.24, 2.45) is 0 Å². The fourth-order valence-electron chi connectivity index (χ4n) is 1.78. The molecule has 0 amide bonds. The van der Waals surface area contributed by atoms with Gasteiger partial charge in [-0.25, -0.2) is 0 Å². The molecule has 1 aromatic rings. The molecule has 1 aromatic carbocycles. The van der Waals surface area contributed by atoms with E-state index in [1.807, 2.05) is 12.1 Å². The van der Waals surface area contributed by atoms with E-state index in [1.165, 1.54) is 18.4 Å². The zero-order valence-corrected chi connectivity index (χ0v) is 14.1. The lowest BCUT2D eigenvalue weighted by atomic mass is 10.1. The second-order valence-electron chi connectivity index (χ2n) is 6.00. The van der Waals surface area contributed by atoms with Crippen LogP contribution in [0.5, 0.6) is 5.75 Å². The van der Waals surface area contributed by atoms with E-state index in [0.717, 1.165) is 29.8 Å². The Morgan fingerprint density at radius 1 is 1.16 bits per heavy atom. The van der Waals surface area contributed by atoms with E-state index in [4.69, 9.17) is 4.74 Å². The minimum Gasteiger partial charge on any atom is -0.493 e. The smallest absolute Gasteiger partial charge is 0.123 e. The van der Waals surface area contributed by atoms with Crippen molar-refractivity contribution in [3.8, 4) is 5.75 Å². The van der Waals surface area contributed by atoms with Crippen LogP contribution in [-0.4, -0.2) is 18.7 Å². The van der Waals surface area contributed by atoms with E-state index >= 15 is 0 Å². The molecule has 0 unspecified atom stereocenters. The van der Waals surface area contributed by atoms with Crippen molar-refractivity contribution < 1.29 is 4.74 Å². The first kappa shape index (κ1) is 16.5. The van der Waals surface area contributed by atoms with Gasteiger partial charge in [0.25, 0.3) is 0 Å². The summed E-state index contributed by atoms with van der Waals surface area (Å²) in [5.41, 5.74) is 1.42. The first-order valence-corrected chi connectivity index (χ1v) is 7.82. The molecule has 1 rings (SSSR count). The molecule has 0 atom stereocenters. The fraction of sp³-hybridized carbons (Fsp3) is 0.625. The van der Waals surface area contributed by atoms with Gasteiger partial charge in [0, 0.05) is 10.0 Å². The largest absolute Gasteiger partial charge is 0.493 e. The first-order chi connectivity index (χ1) is 8.88. The summed E-state index contributed by atoms with van der Waals surface area (Å²) in [7, 11) is 0. The number of halogens is 1. The SMILES string of the molecule is Cc1ccc(Br)cc1OCCCCCNC(C)(C)C. The molecule has 0 bridgehead atoms. The van der Waals surface area contributed by atoms with Gasteiger partial charge in [0.2, 0.25) is 0 Å². The minimum atomic E-state index is 0.226. The predicted octanol–water partition coefficient (Wildman–Crippen LogP) is 4.69. The van der Waals surface area contributed by atoms with E-state index in [9.17, 15) is 0 Å². The summed E-state index contributed by atoms with van der Waals surface area (Å²) in [5.74, 6) is 0.988. The van der Waals surface area contributed by atoms with Gasteiger partial charge >= 0.3 is 0 Å². The Hall–Kier alpha value is -0.540. The molecule has 0 fully saturated rings. The number of nitrogens with one attached hydrogen (secondary N) is 1. The van der Waals surface area contributed by atoms with Crippen molar-refractivity contribution in [1.82, 2.24) is 5.32 Å². The number of hydrogen-bond donors (Lipinski definition) is 1. The molecule has 0 radical (unpaired) electrons. The molecule has 0 aliphatic carbocycles. The highest BCUT2D eigenvalue weighted by Gasteiger charge is 2.07. The lowest BCUT2D eigenvalue weighted by Gasteiger charge is -2.20. The highest BCUT2D eigenvalue weighted by atomic mass is 79.9. The topological polar surface area (TPSA) is 21.3 Å². The molecule has 19 heavy (non-hydrogen) atoms. The molecule has 0 saturated carbocycles. The summed E-state index contributed by atoms with van der Waals surface area (Å²) < 4.78 is 6.89. The van der Waals surface area contributed by atoms with Crippen molar-refractivity contribution in [3.05, 3.63) is 28.2 Å². The van der Waals surface area contributed by atoms with Crippen LogP contribution in [-0.2, 0) is 0 Å². The van der Waals surface area contributed by atoms with Crippen LogP contribution in [0.4, 0.5) is 0 Å². The zero-order valence-electron chi connectivity index (χ0n) is 12.6. The van der Waals surface area contributed by atoms with Gasteiger partial charge in [-0.05, 0) is 71.2 Å². The van der Waals surface area contributed by atoms with Crippen LogP contribution in [0.3, 0.4) is 0 Å². The van der Waals surface area contributed by atoms with Crippen LogP contribution in [0.2, 0.25) is 0 Å². The molecular weight excluding hydrogens is 302 g/mol. The maximum atomic E-state index is 5.81. The normalized spacial score (nSPS) is 11.6. The third kappa shape index (κ3) is 7.58. The molecule has 0 aromatic heterocycles. The molecule has 2 nitrogen and oxygen atoms in total. The van der Waals surface area contributed by atoms with Crippen molar-refractivity contribution in [3.63, 3.8) is 0 Å². The molecule has 108 valence electrons. The molecule has 1 N–H and O–H groups in total. The van der Waals surface area contributed by atoms with Gasteiger partial charge in [-0.3, -0.25) is 0 Å². The van der Waals surface area contributed by atoms with Crippen LogP contribution >= 0.6 is 15.9 Å². The summed E-state index contributed by atoms with van der Waals surface area (Å²) in [5, 5.41) is 3.50. The summed E-state index contributed by atoms with van der Waals surface area (Å²) in [6.07, 6.45) is 3.52. The summed E-state index contributed by atoms with van der Waals surface area (Å²) in [6.45, 7) is 10.6. The molecule has 0 saturated heterocycles. The van der Waals surface area contributed by atoms with Gasteiger partial charge in [0.1, 0.15) is 5.75 Å². The second-order valence-corrected chi connectivity index (χ2v) is 6.91. The third-order valence-corrected chi connectivity index (χ3v) is 3.38. The van der Waals surface area contributed by atoms with Gasteiger partial charge in [-0.2, -0.15) is 0 Å². The molecule has 0 heterocycles. The van der Waals surface area contributed by atoms with E-state index in [0.29, 0.717) is 0 Å². The van der Waals surface area contributed by atoms with Gasteiger partial charge in [-0.15, -0.1) is 0 Å². The van der Waals surface area contributed by atoms with Gasteiger partial charge in [0.15, 0.2) is 0 Å².